The molecule has 2 aliphatic rings. The quantitative estimate of drug-likeness (QED) is 0.510. The normalized spacial score (nSPS) is 25.2. The largest absolute Gasteiger partial charge is 0.103 e. The molecule has 112 valence electrons. The molecule has 0 nitrogen and oxygen atoms in total. The van der Waals surface area contributed by atoms with E-state index in [0.29, 0.717) is 11.8 Å². The van der Waals surface area contributed by atoms with Crippen LogP contribution in [0, 0.1) is 17.3 Å². The van der Waals surface area contributed by atoms with E-state index in [1.165, 1.54) is 0 Å². The fourth-order valence-corrected chi connectivity index (χ4v) is 3.38. The molecule has 2 aliphatic carbocycles. The molecular weight excluding hydrogens is 252 g/mol. The van der Waals surface area contributed by atoms with Gasteiger partial charge in [0.25, 0.3) is 0 Å². The Kier molecular flexibility index (Phi) is 5.22. The maximum atomic E-state index is 3.88. The van der Waals surface area contributed by atoms with Crippen LogP contribution >= 0.6 is 0 Å². The van der Waals surface area contributed by atoms with Crippen LogP contribution in [0.15, 0.2) is 72.9 Å². The van der Waals surface area contributed by atoms with Crippen molar-refractivity contribution in [2.75, 3.05) is 0 Å². The first-order chi connectivity index (χ1) is 10.1. The maximum Gasteiger partial charge on any atom is 0.00706 e. The van der Waals surface area contributed by atoms with Crippen molar-refractivity contribution in [2.45, 2.75) is 39.5 Å². The van der Waals surface area contributed by atoms with Crippen LogP contribution in [0.1, 0.15) is 39.5 Å². The van der Waals surface area contributed by atoms with Gasteiger partial charge in [-0.1, -0.05) is 73.6 Å². The molecule has 0 saturated heterocycles. The van der Waals surface area contributed by atoms with Crippen molar-refractivity contribution >= 4 is 0 Å². The maximum absolute atomic E-state index is 3.88. The SMILES string of the molecule is C=CCC1C=CC=C(C(C)(C)C2=CC=CC(CC=C)C2)C1. The van der Waals surface area contributed by atoms with E-state index in [1.54, 1.807) is 11.1 Å². The lowest BCUT2D eigenvalue weighted by Gasteiger charge is -2.36. The van der Waals surface area contributed by atoms with E-state index in [2.05, 4.69) is 63.5 Å². The molecule has 21 heavy (non-hydrogen) atoms. The molecule has 2 rings (SSSR count). The Balaban J connectivity index is 2.14. The van der Waals surface area contributed by atoms with Gasteiger partial charge in [0.15, 0.2) is 0 Å². The minimum atomic E-state index is 0.147. The first-order valence-corrected chi connectivity index (χ1v) is 8.05. The van der Waals surface area contributed by atoms with Crippen LogP contribution in [0.25, 0.3) is 0 Å². The summed E-state index contributed by atoms with van der Waals surface area (Å²) in [5.41, 5.74) is 3.25. The van der Waals surface area contributed by atoms with Gasteiger partial charge in [0.1, 0.15) is 0 Å². The molecular formula is C21H28. The average molecular weight is 280 g/mol. The molecule has 0 aliphatic heterocycles. The molecule has 2 unspecified atom stereocenters. The van der Waals surface area contributed by atoms with Gasteiger partial charge in [0.2, 0.25) is 0 Å². The Morgan fingerprint density at radius 3 is 1.76 bits per heavy atom. The van der Waals surface area contributed by atoms with Crippen LogP contribution in [0.4, 0.5) is 0 Å². The second-order valence-electron chi connectivity index (χ2n) is 6.76. The van der Waals surface area contributed by atoms with Gasteiger partial charge in [0, 0.05) is 5.41 Å². The fraction of sp³-hybridized carbons (Fsp3) is 0.429. The molecule has 0 heteroatoms. The minimum absolute atomic E-state index is 0.147. The van der Waals surface area contributed by atoms with Crippen LogP contribution in [-0.2, 0) is 0 Å². The van der Waals surface area contributed by atoms with E-state index in [1.807, 2.05) is 12.2 Å². The molecule has 0 saturated carbocycles. The Morgan fingerprint density at radius 2 is 1.38 bits per heavy atom. The summed E-state index contributed by atoms with van der Waals surface area (Å²) in [6.07, 6.45) is 22.3. The Morgan fingerprint density at radius 1 is 0.952 bits per heavy atom. The van der Waals surface area contributed by atoms with Crippen molar-refractivity contribution in [3.05, 3.63) is 72.9 Å². The molecule has 0 amide bonds. The molecule has 0 spiro atoms. The van der Waals surface area contributed by atoms with Gasteiger partial charge in [0.05, 0.1) is 0 Å². The van der Waals surface area contributed by atoms with Crippen LogP contribution in [0.5, 0.6) is 0 Å². The average Bonchev–Trinajstić information content (AvgIpc) is 2.48. The third-order valence-corrected chi connectivity index (χ3v) is 4.87. The van der Waals surface area contributed by atoms with Gasteiger partial charge in [-0.25, -0.2) is 0 Å². The number of hydrogen-bond acceptors (Lipinski definition) is 0. The summed E-state index contributed by atoms with van der Waals surface area (Å²) in [6, 6.07) is 0. The minimum Gasteiger partial charge on any atom is -0.103 e. The summed E-state index contributed by atoms with van der Waals surface area (Å²) in [4.78, 5) is 0. The number of rotatable bonds is 6. The summed E-state index contributed by atoms with van der Waals surface area (Å²) in [5.74, 6) is 1.23. The van der Waals surface area contributed by atoms with Crippen molar-refractivity contribution in [1.29, 1.82) is 0 Å². The van der Waals surface area contributed by atoms with Gasteiger partial charge in [-0.15, -0.1) is 13.2 Å². The Hall–Kier alpha value is -1.56. The summed E-state index contributed by atoms with van der Waals surface area (Å²) in [7, 11) is 0. The highest BCUT2D eigenvalue weighted by molar-refractivity contribution is 5.36. The van der Waals surface area contributed by atoms with Gasteiger partial charge in [-0.2, -0.15) is 0 Å². The lowest BCUT2D eigenvalue weighted by atomic mass is 9.68. The van der Waals surface area contributed by atoms with Crippen molar-refractivity contribution < 1.29 is 0 Å². The van der Waals surface area contributed by atoms with Gasteiger partial charge < -0.3 is 0 Å². The summed E-state index contributed by atoms with van der Waals surface area (Å²) >= 11 is 0. The van der Waals surface area contributed by atoms with Crippen LogP contribution in [-0.4, -0.2) is 0 Å². The molecule has 0 aromatic rings. The molecule has 0 aromatic heterocycles. The lowest BCUT2D eigenvalue weighted by molar-refractivity contribution is 0.443. The molecule has 0 N–H and O–H groups in total. The molecule has 0 fully saturated rings. The standard InChI is InChI=1S/C21H28/c1-5-9-17-11-7-13-19(15-17)21(3,4)20-14-8-12-18(16-20)10-6-2/h5-8,11-14,17-18H,1-2,9-10,15-16H2,3-4H3. The second kappa shape index (κ2) is 6.93. The highest BCUT2D eigenvalue weighted by Crippen LogP contribution is 2.44. The zero-order chi connectivity index (χ0) is 15.3. The fourth-order valence-electron chi connectivity index (χ4n) is 3.38. The third kappa shape index (κ3) is 3.75. The Labute approximate surface area is 130 Å². The van der Waals surface area contributed by atoms with E-state index < -0.39 is 0 Å². The predicted molar refractivity (Wildman–Crippen MR) is 94.1 cm³/mol. The molecule has 0 aromatic carbocycles. The molecule has 0 bridgehead atoms. The molecule has 0 radical (unpaired) electrons. The van der Waals surface area contributed by atoms with Crippen molar-refractivity contribution in [1.82, 2.24) is 0 Å². The van der Waals surface area contributed by atoms with E-state index >= 15 is 0 Å². The number of hydrogen-bond donors (Lipinski definition) is 0. The van der Waals surface area contributed by atoms with Crippen LogP contribution in [0.2, 0.25) is 0 Å². The van der Waals surface area contributed by atoms with Crippen LogP contribution < -0.4 is 0 Å². The van der Waals surface area contributed by atoms with E-state index in [0.717, 1.165) is 25.7 Å². The first kappa shape index (κ1) is 15.8. The van der Waals surface area contributed by atoms with Crippen molar-refractivity contribution in [3.63, 3.8) is 0 Å². The van der Waals surface area contributed by atoms with Crippen LogP contribution in [0.3, 0.4) is 0 Å². The highest BCUT2D eigenvalue weighted by atomic mass is 14.4. The predicted octanol–water partition coefficient (Wildman–Crippen LogP) is 6.17. The molecule has 2 atom stereocenters. The zero-order valence-electron chi connectivity index (χ0n) is 13.5. The Bertz CT molecular complexity index is 462. The van der Waals surface area contributed by atoms with Crippen molar-refractivity contribution in [2.24, 2.45) is 17.3 Å². The monoisotopic (exact) mass is 280 g/mol. The second-order valence-corrected chi connectivity index (χ2v) is 6.76. The summed E-state index contributed by atoms with van der Waals surface area (Å²) < 4.78 is 0. The van der Waals surface area contributed by atoms with Gasteiger partial charge >= 0.3 is 0 Å². The van der Waals surface area contributed by atoms with E-state index in [4.69, 9.17) is 0 Å². The summed E-state index contributed by atoms with van der Waals surface area (Å²) in [6.45, 7) is 12.5. The van der Waals surface area contributed by atoms with Crippen molar-refractivity contribution in [3.8, 4) is 0 Å². The van der Waals surface area contributed by atoms with E-state index in [-0.39, 0.29) is 5.41 Å². The zero-order valence-corrected chi connectivity index (χ0v) is 13.5. The topological polar surface area (TPSA) is 0 Å². The van der Waals surface area contributed by atoms with E-state index in [9.17, 15) is 0 Å². The smallest absolute Gasteiger partial charge is 0.00706 e. The number of allylic oxidation sites excluding steroid dienone is 10. The lowest BCUT2D eigenvalue weighted by Crippen LogP contribution is -2.23. The van der Waals surface area contributed by atoms with Gasteiger partial charge in [-0.05, 0) is 37.5 Å². The van der Waals surface area contributed by atoms with Gasteiger partial charge in [-0.3, -0.25) is 0 Å². The highest BCUT2D eigenvalue weighted by Gasteiger charge is 2.31. The third-order valence-electron chi connectivity index (χ3n) is 4.87. The first-order valence-electron chi connectivity index (χ1n) is 8.05. The summed E-state index contributed by atoms with van der Waals surface area (Å²) in [5, 5.41) is 0. The molecule has 0 heterocycles.